The molecule has 7 heteroatoms. The van der Waals surface area contributed by atoms with Gasteiger partial charge in [0.2, 0.25) is 5.79 Å². The van der Waals surface area contributed by atoms with Crippen LogP contribution in [0.3, 0.4) is 0 Å². The molecule has 2 aliphatic rings. The number of hydrogen-bond acceptors (Lipinski definition) is 6. The molecule has 0 bridgehead atoms. The molecule has 2 aromatic carbocycles. The topological polar surface area (TPSA) is 71.1 Å². The van der Waals surface area contributed by atoms with Gasteiger partial charge in [-0.25, -0.2) is 4.89 Å². The lowest BCUT2D eigenvalue weighted by molar-refractivity contribution is -0.470. The van der Waals surface area contributed by atoms with Crippen molar-refractivity contribution in [1.82, 2.24) is 0 Å². The number of carbonyl (C=O) groups is 2. The summed E-state index contributed by atoms with van der Waals surface area (Å²) in [5.41, 5.74) is -3.20. The maximum atomic E-state index is 13.7. The number of fused-ring (bicyclic) bond motifs is 1. The van der Waals surface area contributed by atoms with Gasteiger partial charge in [0.15, 0.2) is 11.6 Å². The highest BCUT2D eigenvalue weighted by molar-refractivity contribution is 6.99. The van der Waals surface area contributed by atoms with Gasteiger partial charge < -0.3 is 9.16 Å². The zero-order valence-electron chi connectivity index (χ0n) is 24.0. The minimum Gasteiger partial charge on any atom is -0.404 e. The van der Waals surface area contributed by atoms with E-state index in [0.717, 1.165) is 10.4 Å². The highest BCUT2D eigenvalue weighted by Gasteiger charge is 2.68. The molecule has 1 aliphatic carbocycles. The Hall–Kier alpha value is -2.42. The molecule has 0 amide bonds. The summed E-state index contributed by atoms with van der Waals surface area (Å²) in [7, 11) is -1.44. The van der Waals surface area contributed by atoms with Gasteiger partial charge in [-0.05, 0) is 56.1 Å². The number of Topliss-reactive ketones (excluding diaryl/α,β-unsaturated/α-hetero) is 2. The normalized spacial score (nSPS) is 27.0. The molecule has 1 fully saturated rings. The van der Waals surface area contributed by atoms with E-state index in [0.29, 0.717) is 0 Å². The van der Waals surface area contributed by atoms with E-state index in [1.807, 2.05) is 43.3 Å². The van der Waals surface area contributed by atoms with Crippen molar-refractivity contribution in [3.63, 3.8) is 0 Å². The molecule has 6 nitrogen and oxygen atoms in total. The Morgan fingerprint density at radius 1 is 0.816 bits per heavy atom. The predicted octanol–water partition coefficient (Wildman–Crippen LogP) is 4.76. The van der Waals surface area contributed by atoms with Crippen LogP contribution in [0, 0.1) is 10.8 Å². The van der Waals surface area contributed by atoms with Gasteiger partial charge >= 0.3 is 0 Å². The summed E-state index contributed by atoms with van der Waals surface area (Å²) < 4.78 is 12.9. The molecule has 1 heterocycles. The monoisotopic (exact) mass is 536 g/mol. The molecule has 0 unspecified atom stereocenters. The van der Waals surface area contributed by atoms with Gasteiger partial charge in [-0.1, -0.05) is 81.4 Å². The molecular formula is C31H40O6Si. The van der Waals surface area contributed by atoms with Gasteiger partial charge in [0.05, 0.1) is 23.0 Å². The zero-order chi connectivity index (χ0) is 28.2. The Bertz CT molecular complexity index is 1200. The number of benzene rings is 2. The Balaban J connectivity index is 1.82. The first-order chi connectivity index (χ1) is 17.6. The maximum Gasteiger partial charge on any atom is 0.261 e. The molecule has 2 aromatic rings. The summed E-state index contributed by atoms with van der Waals surface area (Å²) in [5, 5.41) is 2.04. The molecular weight excluding hydrogens is 496 g/mol. The van der Waals surface area contributed by atoms with E-state index in [1.165, 1.54) is 7.11 Å². The van der Waals surface area contributed by atoms with Crippen LogP contribution in [-0.2, 0) is 28.5 Å². The summed E-state index contributed by atoms with van der Waals surface area (Å²) in [6.07, 6.45) is 1.75. The summed E-state index contributed by atoms with van der Waals surface area (Å²) in [6, 6.07) is 20.7. The lowest BCUT2D eigenvalue weighted by Gasteiger charge is -2.54. The minimum absolute atomic E-state index is 0.131. The third-order valence-corrected chi connectivity index (χ3v) is 13.2. The number of carbonyl (C=O) groups excluding carboxylic acids is 2. The number of methoxy groups -OCH3 is 1. The first-order valence-electron chi connectivity index (χ1n) is 13.1. The molecule has 204 valence electrons. The molecule has 1 saturated carbocycles. The highest BCUT2D eigenvalue weighted by Crippen LogP contribution is 2.54. The van der Waals surface area contributed by atoms with Crippen molar-refractivity contribution < 1.29 is 28.5 Å². The Morgan fingerprint density at radius 2 is 1.32 bits per heavy atom. The van der Waals surface area contributed by atoms with Crippen molar-refractivity contribution in [3.8, 4) is 0 Å². The molecule has 38 heavy (non-hydrogen) atoms. The van der Waals surface area contributed by atoms with E-state index in [1.54, 1.807) is 33.8 Å². The van der Waals surface area contributed by atoms with E-state index >= 15 is 0 Å². The van der Waals surface area contributed by atoms with Crippen LogP contribution in [0.1, 0.15) is 55.4 Å². The van der Waals surface area contributed by atoms with Gasteiger partial charge in [-0.15, -0.1) is 0 Å². The molecule has 4 rings (SSSR count). The lowest BCUT2D eigenvalue weighted by Crippen LogP contribution is -2.69. The van der Waals surface area contributed by atoms with E-state index in [9.17, 15) is 9.59 Å². The van der Waals surface area contributed by atoms with Crippen molar-refractivity contribution in [2.45, 2.75) is 71.8 Å². The van der Waals surface area contributed by atoms with Gasteiger partial charge in [-0.2, -0.15) is 4.89 Å². The van der Waals surface area contributed by atoms with Gasteiger partial charge in [0, 0.05) is 7.11 Å². The first-order valence-corrected chi connectivity index (χ1v) is 15.0. The number of ether oxygens (including phenoxy) is 1. The smallest absolute Gasteiger partial charge is 0.261 e. The first kappa shape index (κ1) is 28.6. The fraction of sp³-hybridized carbons (Fsp3) is 0.484. The third kappa shape index (κ3) is 4.07. The predicted molar refractivity (Wildman–Crippen MR) is 150 cm³/mol. The van der Waals surface area contributed by atoms with E-state index in [4.69, 9.17) is 18.9 Å². The van der Waals surface area contributed by atoms with Crippen LogP contribution in [0.2, 0.25) is 5.04 Å². The van der Waals surface area contributed by atoms with Crippen molar-refractivity contribution in [2.75, 3.05) is 13.7 Å². The molecule has 2 atom stereocenters. The van der Waals surface area contributed by atoms with Crippen LogP contribution in [0.5, 0.6) is 0 Å². The molecule has 0 aromatic heterocycles. The van der Waals surface area contributed by atoms with Crippen LogP contribution in [-0.4, -0.2) is 45.0 Å². The van der Waals surface area contributed by atoms with Crippen LogP contribution in [0.15, 0.2) is 72.3 Å². The van der Waals surface area contributed by atoms with E-state index in [2.05, 4.69) is 45.0 Å². The van der Waals surface area contributed by atoms with Crippen molar-refractivity contribution >= 4 is 30.3 Å². The summed E-state index contributed by atoms with van der Waals surface area (Å²) in [4.78, 5) is 39.0. The highest BCUT2D eigenvalue weighted by atomic mass is 28.4. The van der Waals surface area contributed by atoms with Gasteiger partial charge in [0.25, 0.3) is 8.32 Å². The van der Waals surface area contributed by atoms with Crippen LogP contribution in [0.25, 0.3) is 0 Å². The second-order valence-electron chi connectivity index (χ2n) is 12.7. The summed E-state index contributed by atoms with van der Waals surface area (Å²) in [6.45, 7) is 15.3. The largest absolute Gasteiger partial charge is 0.404 e. The van der Waals surface area contributed by atoms with Crippen molar-refractivity contribution in [2.24, 2.45) is 10.8 Å². The Labute approximate surface area is 227 Å². The maximum absolute atomic E-state index is 13.7. The third-order valence-electron chi connectivity index (χ3n) is 8.20. The Morgan fingerprint density at radius 3 is 1.76 bits per heavy atom. The molecule has 0 radical (unpaired) electrons. The number of rotatable bonds is 6. The zero-order valence-corrected chi connectivity index (χ0v) is 25.0. The minimum atomic E-state index is -2.87. The van der Waals surface area contributed by atoms with Crippen molar-refractivity contribution in [3.05, 3.63) is 72.3 Å². The fourth-order valence-corrected chi connectivity index (χ4v) is 10.8. The Kier molecular flexibility index (Phi) is 7.03. The van der Waals surface area contributed by atoms with Crippen LogP contribution < -0.4 is 10.4 Å². The van der Waals surface area contributed by atoms with Gasteiger partial charge in [0.1, 0.15) is 5.60 Å². The molecule has 1 aliphatic heterocycles. The van der Waals surface area contributed by atoms with E-state index in [-0.39, 0.29) is 28.8 Å². The van der Waals surface area contributed by atoms with Gasteiger partial charge in [-0.3, -0.25) is 9.59 Å². The average molecular weight is 537 g/mol. The molecule has 0 saturated heterocycles. The standard InChI is InChI=1S/C31H40O6Si/c1-27(2,3)38(22-16-12-10-13-17-22,23-18-14-11-15-19-23)35-21-30(8)20-24-25(32)28(4,5)26(33)29(6,7)31(24,34-9)37-36-30/h10-20H,21H2,1-9H3/t30-,31+/m1/s1. The molecule has 0 N–H and O–H groups in total. The lowest BCUT2D eigenvalue weighted by atomic mass is 9.57. The second kappa shape index (κ2) is 9.35. The number of ketones is 2. The summed E-state index contributed by atoms with van der Waals surface area (Å²) >= 11 is 0. The fourth-order valence-electron chi connectivity index (χ4n) is 6.13. The average Bonchev–Trinajstić information content (AvgIpc) is 2.88. The van der Waals surface area contributed by atoms with E-state index < -0.39 is 30.5 Å². The van der Waals surface area contributed by atoms with Crippen molar-refractivity contribution in [1.29, 1.82) is 0 Å². The SMILES string of the molecule is CO[C@]12OO[C@@](C)(CO[Si](c3ccccc3)(c3ccccc3)C(C)(C)C)C=C1C(=O)C(C)(C)C(=O)C2(C)C. The number of hydrogen-bond donors (Lipinski definition) is 0. The molecule has 0 spiro atoms. The van der Waals surface area contributed by atoms with Crippen LogP contribution >= 0.6 is 0 Å². The van der Waals surface area contributed by atoms with Crippen LogP contribution in [0.4, 0.5) is 0 Å². The summed E-state index contributed by atoms with van der Waals surface area (Å²) in [5.74, 6) is -2.23. The quantitative estimate of drug-likeness (QED) is 0.301. The second-order valence-corrected chi connectivity index (χ2v) is 17.0.